The predicted molar refractivity (Wildman–Crippen MR) is 110 cm³/mol. The van der Waals surface area contributed by atoms with Gasteiger partial charge in [-0.05, 0) is 50.3 Å². The molecule has 4 atom stereocenters. The fourth-order valence-electron chi connectivity index (χ4n) is 3.94. The van der Waals surface area contributed by atoms with E-state index < -0.39 is 0 Å². The molecule has 0 bridgehead atoms. The SMILES string of the molecule is C/C=C/C/C=C1\CC2OC(=O)C(CCOC(=O)c3ccccc3)CC2OC1CC. The molecule has 3 rings (SSSR count). The average Bonchev–Trinajstić information content (AvgIpc) is 2.74. The lowest BCUT2D eigenvalue weighted by atomic mass is 9.85. The summed E-state index contributed by atoms with van der Waals surface area (Å²) >= 11 is 0. The summed E-state index contributed by atoms with van der Waals surface area (Å²) in [5.74, 6) is -0.886. The third-order valence-electron chi connectivity index (χ3n) is 5.55. The molecule has 0 saturated carbocycles. The first-order chi connectivity index (χ1) is 14.1. The van der Waals surface area contributed by atoms with Gasteiger partial charge in [0, 0.05) is 6.42 Å². The first kappa shape index (κ1) is 21.3. The van der Waals surface area contributed by atoms with E-state index in [1.54, 1.807) is 24.3 Å². The second-order valence-corrected chi connectivity index (χ2v) is 7.56. The Labute approximate surface area is 172 Å². The van der Waals surface area contributed by atoms with E-state index in [-0.39, 0.29) is 42.8 Å². The molecule has 2 saturated heterocycles. The first-order valence-corrected chi connectivity index (χ1v) is 10.5. The molecular formula is C24H30O5. The minimum atomic E-state index is -0.372. The van der Waals surface area contributed by atoms with Gasteiger partial charge in [-0.3, -0.25) is 4.79 Å². The minimum absolute atomic E-state index is 0.0786. The smallest absolute Gasteiger partial charge is 0.338 e. The molecular weight excluding hydrogens is 368 g/mol. The summed E-state index contributed by atoms with van der Waals surface area (Å²) in [6, 6.07) is 8.86. The highest BCUT2D eigenvalue weighted by molar-refractivity contribution is 5.89. The normalized spacial score (nSPS) is 28.2. The van der Waals surface area contributed by atoms with Gasteiger partial charge < -0.3 is 14.2 Å². The van der Waals surface area contributed by atoms with Crippen molar-refractivity contribution in [3.05, 3.63) is 59.7 Å². The lowest BCUT2D eigenvalue weighted by Gasteiger charge is -2.42. The highest BCUT2D eigenvalue weighted by Crippen LogP contribution is 2.36. The molecule has 5 heteroatoms. The van der Waals surface area contributed by atoms with E-state index in [1.807, 2.05) is 19.1 Å². The quantitative estimate of drug-likeness (QED) is 0.495. The Hall–Kier alpha value is -2.40. The molecule has 156 valence electrons. The maximum absolute atomic E-state index is 12.5. The maximum atomic E-state index is 12.5. The Kier molecular flexibility index (Phi) is 7.64. The van der Waals surface area contributed by atoms with E-state index in [0.29, 0.717) is 18.4 Å². The monoisotopic (exact) mass is 398 g/mol. The van der Waals surface area contributed by atoms with Gasteiger partial charge in [0.15, 0.2) is 0 Å². The van der Waals surface area contributed by atoms with Crippen molar-refractivity contribution in [2.45, 2.75) is 64.3 Å². The second kappa shape index (κ2) is 10.4. The van der Waals surface area contributed by atoms with Crippen LogP contribution in [0.5, 0.6) is 0 Å². The number of hydrogen-bond acceptors (Lipinski definition) is 5. The molecule has 0 amide bonds. The zero-order chi connectivity index (χ0) is 20.6. The second-order valence-electron chi connectivity index (χ2n) is 7.56. The fraction of sp³-hybridized carbons (Fsp3) is 0.500. The summed E-state index contributed by atoms with van der Waals surface area (Å²) in [5, 5.41) is 0. The molecule has 5 nitrogen and oxygen atoms in total. The first-order valence-electron chi connectivity index (χ1n) is 10.5. The number of carbonyl (C=O) groups is 2. The number of fused-ring (bicyclic) bond motifs is 1. The van der Waals surface area contributed by atoms with Gasteiger partial charge in [0.25, 0.3) is 0 Å². The number of ether oxygens (including phenoxy) is 3. The predicted octanol–water partition coefficient (Wildman–Crippen LogP) is 4.63. The van der Waals surface area contributed by atoms with E-state index in [1.165, 1.54) is 5.57 Å². The molecule has 2 fully saturated rings. The number of hydrogen-bond donors (Lipinski definition) is 0. The lowest BCUT2D eigenvalue weighted by Crippen LogP contribution is -2.49. The highest BCUT2D eigenvalue weighted by atomic mass is 16.6. The van der Waals surface area contributed by atoms with Crippen LogP contribution in [-0.2, 0) is 19.0 Å². The third kappa shape index (κ3) is 5.57. The van der Waals surface area contributed by atoms with Crippen LogP contribution < -0.4 is 0 Å². The summed E-state index contributed by atoms with van der Waals surface area (Å²) in [6.45, 7) is 4.31. The third-order valence-corrected chi connectivity index (χ3v) is 5.55. The molecule has 0 N–H and O–H groups in total. The van der Waals surface area contributed by atoms with E-state index in [0.717, 1.165) is 19.3 Å². The number of allylic oxidation sites excluding steroid dienone is 3. The number of benzene rings is 1. The molecule has 2 heterocycles. The van der Waals surface area contributed by atoms with Crippen molar-refractivity contribution in [1.82, 2.24) is 0 Å². The zero-order valence-electron chi connectivity index (χ0n) is 17.2. The highest BCUT2D eigenvalue weighted by Gasteiger charge is 2.43. The van der Waals surface area contributed by atoms with Crippen molar-refractivity contribution in [2.75, 3.05) is 6.61 Å². The van der Waals surface area contributed by atoms with Crippen LogP contribution in [0.3, 0.4) is 0 Å². The van der Waals surface area contributed by atoms with Crippen molar-refractivity contribution in [1.29, 1.82) is 0 Å². The van der Waals surface area contributed by atoms with Crippen LogP contribution in [0, 0.1) is 5.92 Å². The molecule has 1 aromatic carbocycles. The van der Waals surface area contributed by atoms with Crippen LogP contribution in [0.4, 0.5) is 0 Å². The summed E-state index contributed by atoms with van der Waals surface area (Å²) in [5.41, 5.74) is 1.73. The van der Waals surface area contributed by atoms with Gasteiger partial charge in [-0.1, -0.05) is 43.4 Å². The molecule has 0 spiro atoms. The van der Waals surface area contributed by atoms with Crippen molar-refractivity contribution in [3.63, 3.8) is 0 Å². The van der Waals surface area contributed by atoms with E-state index in [4.69, 9.17) is 14.2 Å². The van der Waals surface area contributed by atoms with Crippen LogP contribution >= 0.6 is 0 Å². The maximum Gasteiger partial charge on any atom is 0.338 e. The van der Waals surface area contributed by atoms with Gasteiger partial charge in [0.05, 0.1) is 30.3 Å². The van der Waals surface area contributed by atoms with Gasteiger partial charge in [0.2, 0.25) is 0 Å². The average molecular weight is 398 g/mol. The fourth-order valence-corrected chi connectivity index (χ4v) is 3.94. The van der Waals surface area contributed by atoms with E-state index >= 15 is 0 Å². The number of esters is 2. The molecule has 2 aliphatic rings. The molecule has 2 aliphatic heterocycles. The van der Waals surface area contributed by atoms with Gasteiger partial charge in [-0.25, -0.2) is 4.79 Å². The standard InChI is InChI=1S/C24H30O5/c1-3-5-7-12-18-15-22-21(28-20(18)4-2)16-19(24(26)29-22)13-14-27-23(25)17-10-8-6-9-11-17/h3,5-6,8-12,19-22H,4,7,13-16H2,1-2H3/b5-3+,18-12+. The van der Waals surface area contributed by atoms with Crippen molar-refractivity contribution in [3.8, 4) is 0 Å². The van der Waals surface area contributed by atoms with Crippen molar-refractivity contribution < 1.29 is 23.8 Å². The molecule has 4 unspecified atom stereocenters. The molecule has 0 aromatic heterocycles. The minimum Gasteiger partial charge on any atom is -0.462 e. The molecule has 29 heavy (non-hydrogen) atoms. The van der Waals surface area contributed by atoms with Crippen LogP contribution in [0.1, 0.15) is 56.3 Å². The summed E-state index contributed by atoms with van der Waals surface area (Å²) in [6.07, 6.45) is 9.66. The summed E-state index contributed by atoms with van der Waals surface area (Å²) in [7, 11) is 0. The van der Waals surface area contributed by atoms with Crippen molar-refractivity contribution in [2.24, 2.45) is 5.92 Å². The van der Waals surface area contributed by atoms with E-state index in [2.05, 4.69) is 19.1 Å². The van der Waals surface area contributed by atoms with Gasteiger partial charge in [-0.15, -0.1) is 0 Å². The molecule has 0 radical (unpaired) electrons. The van der Waals surface area contributed by atoms with E-state index in [9.17, 15) is 9.59 Å². The zero-order valence-corrected chi connectivity index (χ0v) is 17.2. The summed E-state index contributed by atoms with van der Waals surface area (Å²) < 4.78 is 17.3. The topological polar surface area (TPSA) is 61.8 Å². The van der Waals surface area contributed by atoms with Gasteiger partial charge in [0.1, 0.15) is 6.10 Å². The Morgan fingerprint density at radius 1 is 1.24 bits per heavy atom. The number of rotatable bonds is 7. The Morgan fingerprint density at radius 3 is 2.76 bits per heavy atom. The van der Waals surface area contributed by atoms with Gasteiger partial charge in [-0.2, -0.15) is 0 Å². The van der Waals surface area contributed by atoms with Crippen molar-refractivity contribution >= 4 is 11.9 Å². The Morgan fingerprint density at radius 2 is 2.03 bits per heavy atom. The van der Waals surface area contributed by atoms with Crippen LogP contribution in [0.2, 0.25) is 0 Å². The Balaban J connectivity index is 1.53. The number of carbonyl (C=O) groups excluding carboxylic acids is 2. The van der Waals surface area contributed by atoms with Crippen LogP contribution in [-0.4, -0.2) is 36.9 Å². The largest absolute Gasteiger partial charge is 0.462 e. The van der Waals surface area contributed by atoms with Crippen LogP contribution in [0.15, 0.2) is 54.1 Å². The Bertz CT molecular complexity index is 752. The van der Waals surface area contributed by atoms with Gasteiger partial charge >= 0.3 is 11.9 Å². The lowest BCUT2D eigenvalue weighted by molar-refractivity contribution is -0.188. The summed E-state index contributed by atoms with van der Waals surface area (Å²) in [4.78, 5) is 24.5. The molecule has 0 aliphatic carbocycles. The van der Waals surface area contributed by atoms with Crippen LogP contribution in [0.25, 0.3) is 0 Å². The molecule has 1 aromatic rings.